The second-order valence-electron chi connectivity index (χ2n) is 3.27. The lowest BCUT2D eigenvalue weighted by molar-refractivity contribution is -0.137. The molecule has 0 amide bonds. The average Bonchev–Trinajstić information content (AvgIpc) is 2.63. The molecule has 5 heteroatoms. The standard InChI is InChI=1S/C9H15N3O2/c13-9(14)6-4-2-1-3-5-8-7-10-12-11-8/h7H,1-6H2,(H,13,14)(H,10,11,12). The maximum Gasteiger partial charge on any atom is 0.303 e. The second kappa shape index (κ2) is 6.12. The molecular weight excluding hydrogens is 182 g/mol. The molecular formula is C9H15N3O2. The van der Waals surface area contributed by atoms with Crippen LogP contribution in [-0.4, -0.2) is 26.5 Å². The van der Waals surface area contributed by atoms with Crippen LogP contribution in [-0.2, 0) is 11.2 Å². The zero-order chi connectivity index (χ0) is 10.2. The number of nitrogens with one attached hydrogen (secondary N) is 1. The van der Waals surface area contributed by atoms with Crippen LogP contribution in [0.1, 0.15) is 37.8 Å². The van der Waals surface area contributed by atoms with Crippen LogP contribution in [0.4, 0.5) is 0 Å². The number of aliphatic carboxylic acids is 1. The summed E-state index contributed by atoms with van der Waals surface area (Å²) in [6.07, 6.45) is 6.77. The lowest BCUT2D eigenvalue weighted by Crippen LogP contribution is -1.94. The van der Waals surface area contributed by atoms with Gasteiger partial charge in [-0.05, 0) is 19.3 Å². The highest BCUT2D eigenvalue weighted by Gasteiger charge is 1.98. The Morgan fingerprint density at radius 3 is 2.79 bits per heavy atom. The van der Waals surface area contributed by atoms with Gasteiger partial charge < -0.3 is 5.11 Å². The fourth-order valence-electron chi connectivity index (χ4n) is 1.28. The number of aromatic nitrogens is 3. The van der Waals surface area contributed by atoms with Crippen molar-refractivity contribution in [2.45, 2.75) is 38.5 Å². The van der Waals surface area contributed by atoms with E-state index in [9.17, 15) is 4.79 Å². The summed E-state index contributed by atoms with van der Waals surface area (Å²) in [5.41, 5.74) is 0.975. The number of hydrogen-bond donors (Lipinski definition) is 2. The number of carboxylic acids is 1. The summed E-state index contributed by atoms with van der Waals surface area (Å²) in [6, 6.07) is 0. The molecule has 0 unspecified atom stereocenters. The fourth-order valence-corrected chi connectivity index (χ4v) is 1.28. The fraction of sp³-hybridized carbons (Fsp3) is 0.667. The van der Waals surface area contributed by atoms with Crippen molar-refractivity contribution in [2.75, 3.05) is 0 Å². The van der Waals surface area contributed by atoms with Gasteiger partial charge in [0.05, 0.1) is 11.9 Å². The molecule has 0 fully saturated rings. The van der Waals surface area contributed by atoms with Gasteiger partial charge in [0.1, 0.15) is 0 Å². The largest absolute Gasteiger partial charge is 0.481 e. The van der Waals surface area contributed by atoms with Gasteiger partial charge >= 0.3 is 5.97 Å². The van der Waals surface area contributed by atoms with Gasteiger partial charge in [0.2, 0.25) is 0 Å². The first-order chi connectivity index (χ1) is 6.79. The Labute approximate surface area is 82.5 Å². The van der Waals surface area contributed by atoms with Crippen LogP contribution in [0.5, 0.6) is 0 Å². The molecule has 1 rings (SSSR count). The highest BCUT2D eigenvalue weighted by atomic mass is 16.4. The normalized spacial score (nSPS) is 10.3. The summed E-state index contributed by atoms with van der Waals surface area (Å²) in [6.45, 7) is 0. The molecule has 0 saturated heterocycles. The summed E-state index contributed by atoms with van der Waals surface area (Å²) in [7, 11) is 0. The predicted molar refractivity (Wildman–Crippen MR) is 50.8 cm³/mol. The molecule has 0 bridgehead atoms. The molecule has 0 aromatic carbocycles. The second-order valence-corrected chi connectivity index (χ2v) is 3.27. The van der Waals surface area contributed by atoms with E-state index in [2.05, 4.69) is 15.4 Å². The molecule has 1 aromatic heterocycles. The molecule has 5 nitrogen and oxygen atoms in total. The van der Waals surface area contributed by atoms with Crippen molar-refractivity contribution >= 4 is 5.97 Å². The summed E-state index contributed by atoms with van der Waals surface area (Å²) >= 11 is 0. The topological polar surface area (TPSA) is 78.9 Å². The zero-order valence-corrected chi connectivity index (χ0v) is 8.07. The van der Waals surface area contributed by atoms with Crippen LogP contribution in [0.25, 0.3) is 0 Å². The van der Waals surface area contributed by atoms with Gasteiger partial charge in [0.15, 0.2) is 0 Å². The van der Waals surface area contributed by atoms with Crippen LogP contribution < -0.4 is 0 Å². The summed E-state index contributed by atoms with van der Waals surface area (Å²) in [5.74, 6) is -0.707. The molecule has 2 N–H and O–H groups in total. The lowest BCUT2D eigenvalue weighted by atomic mass is 10.1. The van der Waals surface area contributed by atoms with E-state index < -0.39 is 5.97 Å². The number of rotatable bonds is 7. The molecule has 0 aliphatic heterocycles. The Bertz CT molecular complexity index is 259. The van der Waals surface area contributed by atoms with Crippen molar-refractivity contribution in [3.63, 3.8) is 0 Å². The van der Waals surface area contributed by atoms with Crippen LogP contribution in [0.15, 0.2) is 6.20 Å². The first-order valence-electron chi connectivity index (χ1n) is 4.85. The van der Waals surface area contributed by atoms with Crippen molar-refractivity contribution in [3.05, 3.63) is 11.9 Å². The molecule has 1 heterocycles. The van der Waals surface area contributed by atoms with E-state index in [1.165, 1.54) is 0 Å². The van der Waals surface area contributed by atoms with Gasteiger partial charge in [-0.25, -0.2) is 0 Å². The third-order valence-electron chi connectivity index (χ3n) is 2.04. The van der Waals surface area contributed by atoms with Crippen LogP contribution in [0.3, 0.4) is 0 Å². The minimum atomic E-state index is -0.707. The Balaban J connectivity index is 1.92. The van der Waals surface area contributed by atoms with E-state index in [-0.39, 0.29) is 6.42 Å². The van der Waals surface area contributed by atoms with Crippen LogP contribution in [0, 0.1) is 0 Å². The summed E-state index contributed by atoms with van der Waals surface area (Å²) in [4.78, 5) is 10.2. The Morgan fingerprint density at radius 1 is 1.36 bits per heavy atom. The molecule has 0 radical (unpaired) electrons. The number of H-pyrrole nitrogens is 1. The number of aromatic amines is 1. The number of hydrogen-bond acceptors (Lipinski definition) is 3. The number of carboxylic acid groups (broad SMARTS) is 1. The van der Waals surface area contributed by atoms with Crippen molar-refractivity contribution < 1.29 is 9.90 Å². The van der Waals surface area contributed by atoms with Gasteiger partial charge in [-0.2, -0.15) is 15.4 Å². The van der Waals surface area contributed by atoms with Crippen molar-refractivity contribution in [1.29, 1.82) is 0 Å². The van der Waals surface area contributed by atoms with E-state index in [0.717, 1.165) is 37.8 Å². The number of nitrogens with zero attached hydrogens (tertiary/aromatic N) is 2. The maximum absolute atomic E-state index is 10.2. The molecule has 78 valence electrons. The average molecular weight is 197 g/mol. The quantitative estimate of drug-likeness (QED) is 0.647. The number of aryl methyl sites for hydroxylation is 1. The van der Waals surface area contributed by atoms with E-state index in [0.29, 0.717) is 0 Å². The SMILES string of the molecule is O=C(O)CCCCCCc1cn[nH]n1. The van der Waals surface area contributed by atoms with Crippen LogP contribution in [0.2, 0.25) is 0 Å². The molecule has 0 atom stereocenters. The van der Waals surface area contributed by atoms with Crippen molar-refractivity contribution in [1.82, 2.24) is 15.4 Å². The van der Waals surface area contributed by atoms with Gasteiger partial charge in [-0.1, -0.05) is 12.8 Å². The van der Waals surface area contributed by atoms with E-state index in [1.807, 2.05) is 0 Å². The van der Waals surface area contributed by atoms with Crippen molar-refractivity contribution in [2.24, 2.45) is 0 Å². The first kappa shape index (κ1) is 10.7. The van der Waals surface area contributed by atoms with Gasteiger partial charge in [-0.15, -0.1) is 0 Å². The van der Waals surface area contributed by atoms with Crippen LogP contribution >= 0.6 is 0 Å². The molecule has 1 aromatic rings. The van der Waals surface area contributed by atoms with E-state index in [1.54, 1.807) is 6.20 Å². The highest BCUT2D eigenvalue weighted by Crippen LogP contribution is 2.06. The van der Waals surface area contributed by atoms with E-state index >= 15 is 0 Å². The molecule has 0 aliphatic carbocycles. The predicted octanol–water partition coefficient (Wildman–Crippen LogP) is 1.38. The van der Waals surface area contributed by atoms with E-state index in [4.69, 9.17) is 5.11 Å². The molecule has 0 spiro atoms. The third-order valence-corrected chi connectivity index (χ3v) is 2.04. The van der Waals surface area contributed by atoms with Gasteiger partial charge in [-0.3, -0.25) is 4.79 Å². The maximum atomic E-state index is 10.2. The molecule has 14 heavy (non-hydrogen) atoms. The first-order valence-corrected chi connectivity index (χ1v) is 4.85. The minimum Gasteiger partial charge on any atom is -0.481 e. The van der Waals surface area contributed by atoms with Gasteiger partial charge in [0, 0.05) is 6.42 Å². The Morgan fingerprint density at radius 2 is 2.14 bits per heavy atom. The lowest BCUT2D eigenvalue weighted by Gasteiger charge is -1.97. The monoisotopic (exact) mass is 197 g/mol. The van der Waals surface area contributed by atoms with Gasteiger partial charge in [0.25, 0.3) is 0 Å². The Hall–Kier alpha value is -1.39. The minimum absolute atomic E-state index is 0.282. The molecule has 0 saturated carbocycles. The smallest absolute Gasteiger partial charge is 0.303 e. The van der Waals surface area contributed by atoms with Crippen molar-refractivity contribution in [3.8, 4) is 0 Å². The molecule has 0 aliphatic rings. The zero-order valence-electron chi connectivity index (χ0n) is 8.07. The highest BCUT2D eigenvalue weighted by molar-refractivity contribution is 5.66. The number of unbranched alkanes of at least 4 members (excludes halogenated alkanes) is 3. The number of carbonyl (C=O) groups is 1. The summed E-state index contributed by atoms with van der Waals surface area (Å²) in [5, 5.41) is 18.6. The Kier molecular flexibility index (Phi) is 4.68. The summed E-state index contributed by atoms with van der Waals surface area (Å²) < 4.78 is 0. The third kappa shape index (κ3) is 4.59.